The van der Waals surface area contributed by atoms with Gasteiger partial charge in [0.25, 0.3) is 0 Å². The smallest absolute Gasteiger partial charge is 0.343 e. The molecule has 0 radical (unpaired) electrons. The van der Waals surface area contributed by atoms with Gasteiger partial charge >= 0.3 is 34.9 Å². The molecule has 152 valence electrons. The fraction of sp³-hybridized carbons (Fsp3) is 1.00. The van der Waals surface area contributed by atoms with Crippen molar-refractivity contribution in [3.63, 3.8) is 0 Å². The molecule has 0 spiro atoms. The number of hydrogen-bond acceptors (Lipinski definition) is 9. The van der Waals surface area contributed by atoms with E-state index in [9.17, 15) is 0 Å². The Balaban J connectivity index is 3.49. The van der Waals surface area contributed by atoms with Gasteiger partial charge in [0, 0.05) is 0 Å². The highest BCUT2D eigenvalue weighted by Crippen LogP contribution is 2.22. The number of hydrogen-bond donors (Lipinski definition) is 1. The Morgan fingerprint density at radius 1 is 0.593 bits per heavy atom. The molecular weight excluding hydrogens is 360 g/mol. The van der Waals surface area contributed by atoms with Gasteiger partial charge in [0.05, 0.1) is 0 Å². The van der Waals surface area contributed by atoms with E-state index in [0.29, 0.717) is 0 Å². The average molecular weight is 397 g/mol. The summed E-state index contributed by atoms with van der Waals surface area (Å²) in [5, 5.41) is 3.78. The molecule has 0 aliphatic carbocycles. The van der Waals surface area contributed by atoms with Crippen LogP contribution in [0.15, 0.2) is 0 Å². The normalized spacial score (nSPS) is 17.7. The molecule has 0 aromatic rings. The van der Waals surface area contributed by atoms with Crippen molar-refractivity contribution >= 4 is 46.3 Å². The predicted molar refractivity (Wildman–Crippen MR) is 124 cm³/mol. The van der Waals surface area contributed by atoms with E-state index in [1.165, 1.54) is 0 Å². The van der Waals surface area contributed by atoms with Gasteiger partial charge in [-0.3, -0.25) is 0 Å². The molecule has 0 amide bonds. The van der Waals surface area contributed by atoms with Crippen molar-refractivity contribution in [2.24, 2.45) is 0 Å². The van der Waals surface area contributed by atoms with E-state index in [1.54, 1.807) is 0 Å². The lowest BCUT2D eigenvalue weighted by Gasteiger charge is -2.55. The van der Waals surface area contributed by atoms with E-state index >= 15 is 0 Å². The van der Waals surface area contributed by atoms with E-state index in [-0.39, 0.29) is 34.9 Å². The van der Waals surface area contributed by atoms with Crippen LogP contribution in [0.2, 0.25) is 0 Å². The molecule has 0 aromatic heterocycles. The highest BCUT2D eigenvalue weighted by molar-refractivity contribution is 7.17. The molecule has 0 atom stereocenters. The topological polar surface area (TPSA) is 38.0 Å². The van der Waals surface area contributed by atoms with Crippen molar-refractivity contribution < 1.29 is 0 Å². The van der Waals surface area contributed by atoms with Crippen LogP contribution in [0.25, 0.3) is 0 Å². The van der Waals surface area contributed by atoms with Gasteiger partial charge in [-0.2, -0.15) is 11.5 Å². The minimum absolute atomic E-state index is 0.0167. The SMILES string of the molecule is CN(C)B1NB(N(C)C)N(B(N(C)C)N(C)C)B(Cl)N1B(N(C)C)N(C)C. The first-order chi connectivity index (χ1) is 12.3. The van der Waals surface area contributed by atoms with Crippen molar-refractivity contribution in [3.8, 4) is 0 Å². The molecule has 0 bridgehead atoms. The Morgan fingerprint density at radius 3 is 1.04 bits per heavy atom. The van der Waals surface area contributed by atoms with Crippen molar-refractivity contribution in [1.29, 1.82) is 0 Å². The van der Waals surface area contributed by atoms with Crippen LogP contribution in [-0.2, 0) is 0 Å². The fourth-order valence-corrected chi connectivity index (χ4v) is 4.40. The molecule has 1 aliphatic heterocycles. The lowest BCUT2D eigenvalue weighted by molar-refractivity contribution is 0.431. The Hall–Kier alpha value is 0.255. The molecule has 0 unspecified atom stereocenters. The zero-order chi connectivity index (χ0) is 21.2. The summed E-state index contributed by atoms with van der Waals surface area (Å²) in [4.78, 5) is 13.1. The quantitative estimate of drug-likeness (QED) is 0.457. The first-order valence-corrected chi connectivity index (χ1v) is 9.70. The summed E-state index contributed by atoms with van der Waals surface area (Å²) in [6.45, 7) is 0. The lowest BCUT2D eigenvalue weighted by atomic mass is 9.50. The molecular formula is C12H37B5ClN9. The van der Waals surface area contributed by atoms with Crippen molar-refractivity contribution in [3.05, 3.63) is 0 Å². The van der Waals surface area contributed by atoms with Crippen LogP contribution in [0.1, 0.15) is 0 Å². The molecule has 27 heavy (non-hydrogen) atoms. The zero-order valence-corrected chi connectivity index (χ0v) is 20.1. The van der Waals surface area contributed by atoms with Crippen LogP contribution in [0, 0.1) is 0 Å². The summed E-state index contributed by atoms with van der Waals surface area (Å²) in [5.41, 5.74) is 0. The van der Waals surface area contributed by atoms with Crippen molar-refractivity contribution in [2.45, 2.75) is 0 Å². The second-order valence-electron chi connectivity index (χ2n) is 8.59. The Labute approximate surface area is 174 Å². The van der Waals surface area contributed by atoms with Crippen LogP contribution in [0.3, 0.4) is 0 Å². The van der Waals surface area contributed by atoms with Crippen LogP contribution < -0.4 is 5.14 Å². The van der Waals surface area contributed by atoms with Crippen molar-refractivity contribution in [1.82, 2.24) is 43.3 Å². The Kier molecular flexibility index (Phi) is 9.68. The fourth-order valence-electron chi connectivity index (χ4n) is 3.99. The second-order valence-corrected chi connectivity index (χ2v) is 8.98. The molecule has 0 saturated carbocycles. The molecule has 1 rings (SSSR count). The van der Waals surface area contributed by atoms with E-state index in [1.807, 2.05) is 0 Å². The zero-order valence-electron chi connectivity index (χ0n) is 19.3. The minimum atomic E-state index is -0.337. The number of nitrogens with one attached hydrogen (secondary N) is 1. The summed E-state index contributed by atoms with van der Waals surface area (Å²) in [6.07, 6.45) is -0.337. The van der Waals surface area contributed by atoms with Crippen LogP contribution in [0.4, 0.5) is 0 Å². The Morgan fingerprint density at radius 2 is 0.852 bits per heavy atom. The third-order valence-electron chi connectivity index (χ3n) is 4.71. The maximum Gasteiger partial charge on any atom is 0.384 e. The van der Waals surface area contributed by atoms with Crippen molar-refractivity contribution in [2.75, 3.05) is 84.6 Å². The monoisotopic (exact) mass is 397 g/mol. The summed E-state index contributed by atoms with van der Waals surface area (Å²) < 4.78 is 4.59. The highest BCUT2D eigenvalue weighted by Gasteiger charge is 2.57. The van der Waals surface area contributed by atoms with Gasteiger partial charge in [0.15, 0.2) is 0 Å². The second kappa shape index (κ2) is 10.3. The van der Waals surface area contributed by atoms with E-state index in [0.717, 1.165) is 0 Å². The third kappa shape index (κ3) is 5.66. The highest BCUT2D eigenvalue weighted by atomic mass is 35.5. The summed E-state index contributed by atoms with van der Waals surface area (Å²) in [7, 11) is 24.9. The van der Waals surface area contributed by atoms with E-state index in [2.05, 4.69) is 128 Å². The molecule has 15 heteroatoms. The van der Waals surface area contributed by atoms with Gasteiger partial charge in [-0.25, -0.2) is 0 Å². The van der Waals surface area contributed by atoms with Gasteiger partial charge in [-0.05, 0) is 84.6 Å². The lowest BCUT2D eigenvalue weighted by Crippen LogP contribution is -2.89. The molecule has 1 saturated heterocycles. The molecule has 1 fully saturated rings. The summed E-state index contributed by atoms with van der Waals surface area (Å²) in [5.74, 6) is 0. The van der Waals surface area contributed by atoms with Gasteiger partial charge < -0.3 is 43.3 Å². The van der Waals surface area contributed by atoms with Crippen LogP contribution >= 0.6 is 11.5 Å². The third-order valence-corrected chi connectivity index (χ3v) is 5.16. The molecule has 1 aliphatic rings. The van der Waals surface area contributed by atoms with Gasteiger partial charge in [0.2, 0.25) is 0 Å². The van der Waals surface area contributed by atoms with Gasteiger partial charge in [-0.1, -0.05) is 0 Å². The standard InChI is InChI=1S/C12H37B5ClN9/c1-20(2)14-19-15(21(3)4)27(17(24(9)10)25(11)12)13(18)26(14)16(22(5)6)23(7)8/h19H,1-12H3. The maximum absolute atomic E-state index is 7.24. The minimum Gasteiger partial charge on any atom is -0.343 e. The van der Waals surface area contributed by atoms with Crippen LogP contribution in [0.5, 0.6) is 0 Å². The molecule has 1 N–H and O–H groups in total. The molecule has 9 nitrogen and oxygen atoms in total. The first-order valence-electron chi connectivity index (χ1n) is 9.26. The van der Waals surface area contributed by atoms with Gasteiger partial charge in [-0.15, -0.1) is 0 Å². The summed E-state index contributed by atoms with van der Waals surface area (Å²) in [6, 6.07) is 0. The van der Waals surface area contributed by atoms with Gasteiger partial charge in [0.1, 0.15) is 0 Å². The van der Waals surface area contributed by atoms with E-state index in [4.69, 9.17) is 11.5 Å². The van der Waals surface area contributed by atoms with Crippen LogP contribution in [-0.4, -0.2) is 158 Å². The number of rotatable bonds is 8. The largest absolute Gasteiger partial charge is 0.384 e. The molecule has 1 heterocycles. The summed E-state index contributed by atoms with van der Waals surface area (Å²) >= 11 is 7.24. The number of halogens is 1. The molecule has 0 aromatic carbocycles. The number of nitrogens with zero attached hydrogens (tertiary/aromatic N) is 8. The predicted octanol–water partition coefficient (Wildman–Crippen LogP) is -2.27. The average Bonchev–Trinajstić information content (AvgIpc) is 2.48. The van der Waals surface area contributed by atoms with E-state index < -0.39 is 0 Å². The first kappa shape index (κ1) is 25.3. The maximum atomic E-state index is 7.24. The Bertz CT molecular complexity index is 405.